The highest BCUT2D eigenvalue weighted by molar-refractivity contribution is 6.39. The van der Waals surface area contributed by atoms with Crippen LogP contribution in [0.5, 0.6) is 5.75 Å². The van der Waals surface area contributed by atoms with Gasteiger partial charge in [0.1, 0.15) is 5.75 Å². The van der Waals surface area contributed by atoms with Crippen LogP contribution >= 0.6 is 0 Å². The van der Waals surface area contributed by atoms with E-state index in [9.17, 15) is 14.7 Å². The average molecular weight is 381 g/mol. The van der Waals surface area contributed by atoms with E-state index in [1.807, 2.05) is 55.1 Å². The van der Waals surface area contributed by atoms with Gasteiger partial charge in [0.2, 0.25) is 0 Å². The van der Waals surface area contributed by atoms with Gasteiger partial charge in [-0.05, 0) is 30.7 Å². The highest BCUT2D eigenvalue weighted by Crippen LogP contribution is 2.26. The van der Waals surface area contributed by atoms with Gasteiger partial charge in [0, 0.05) is 36.3 Å². The standard InChI is InChI=1S/C21H23N3O4/c1-13-8-9-19(28-3)16(10-13)23-21(27)20(26)22-11-18(25)15-12-24(2)17-7-5-4-6-14(15)17/h4-10,12,18,25H,11H2,1-3H3,(H,22,26)(H,23,27)/t18-/m1/s1. The lowest BCUT2D eigenvalue weighted by Gasteiger charge is -2.13. The molecule has 0 spiro atoms. The highest BCUT2D eigenvalue weighted by atomic mass is 16.5. The number of ether oxygens (including phenoxy) is 1. The number of methoxy groups -OCH3 is 1. The van der Waals surface area contributed by atoms with Crippen LogP contribution in [0.2, 0.25) is 0 Å². The number of anilines is 1. The molecule has 146 valence electrons. The molecule has 0 aliphatic carbocycles. The fraction of sp³-hybridized carbons (Fsp3) is 0.238. The summed E-state index contributed by atoms with van der Waals surface area (Å²) in [4.78, 5) is 24.3. The first-order valence-electron chi connectivity index (χ1n) is 8.86. The molecular formula is C21H23N3O4. The minimum Gasteiger partial charge on any atom is -0.495 e. The summed E-state index contributed by atoms with van der Waals surface area (Å²) in [6.45, 7) is 1.79. The van der Waals surface area contributed by atoms with Crippen molar-refractivity contribution in [1.29, 1.82) is 0 Å². The van der Waals surface area contributed by atoms with Crippen LogP contribution in [0.25, 0.3) is 10.9 Å². The number of hydrogen-bond donors (Lipinski definition) is 3. The minimum absolute atomic E-state index is 0.0782. The number of rotatable bonds is 5. The van der Waals surface area contributed by atoms with Gasteiger partial charge in [-0.3, -0.25) is 9.59 Å². The fourth-order valence-electron chi connectivity index (χ4n) is 3.12. The first kappa shape index (κ1) is 19.4. The molecule has 0 fully saturated rings. The molecule has 1 aromatic heterocycles. The first-order chi connectivity index (χ1) is 13.4. The van der Waals surface area contributed by atoms with E-state index in [4.69, 9.17) is 4.74 Å². The number of benzene rings is 2. The number of aromatic nitrogens is 1. The van der Waals surface area contributed by atoms with E-state index in [2.05, 4.69) is 10.6 Å². The fourth-order valence-corrected chi connectivity index (χ4v) is 3.12. The number of aliphatic hydroxyl groups excluding tert-OH is 1. The molecule has 0 aliphatic heterocycles. The molecule has 3 aromatic rings. The second kappa shape index (κ2) is 8.14. The summed E-state index contributed by atoms with van der Waals surface area (Å²) in [6, 6.07) is 12.9. The molecule has 28 heavy (non-hydrogen) atoms. The summed E-state index contributed by atoms with van der Waals surface area (Å²) < 4.78 is 7.10. The lowest BCUT2D eigenvalue weighted by molar-refractivity contribution is -0.136. The van der Waals surface area contributed by atoms with Crippen LogP contribution < -0.4 is 15.4 Å². The van der Waals surface area contributed by atoms with Gasteiger partial charge in [-0.1, -0.05) is 24.3 Å². The number of aryl methyl sites for hydroxylation is 2. The third kappa shape index (κ3) is 3.99. The second-order valence-corrected chi connectivity index (χ2v) is 6.60. The largest absolute Gasteiger partial charge is 0.495 e. The van der Waals surface area contributed by atoms with Crippen LogP contribution in [0, 0.1) is 6.92 Å². The molecule has 0 saturated heterocycles. The van der Waals surface area contributed by atoms with E-state index in [1.165, 1.54) is 7.11 Å². The number of para-hydroxylation sites is 1. The van der Waals surface area contributed by atoms with E-state index < -0.39 is 17.9 Å². The van der Waals surface area contributed by atoms with Crippen molar-refractivity contribution in [2.45, 2.75) is 13.0 Å². The molecule has 1 atom stereocenters. The van der Waals surface area contributed by atoms with E-state index in [0.29, 0.717) is 17.0 Å². The van der Waals surface area contributed by atoms with Gasteiger partial charge in [0.15, 0.2) is 0 Å². The van der Waals surface area contributed by atoms with E-state index in [0.717, 1.165) is 16.5 Å². The van der Waals surface area contributed by atoms with Crippen LogP contribution in [0.15, 0.2) is 48.7 Å². The van der Waals surface area contributed by atoms with Gasteiger partial charge in [-0.2, -0.15) is 0 Å². The average Bonchev–Trinajstić information content (AvgIpc) is 3.03. The number of hydrogen-bond acceptors (Lipinski definition) is 4. The molecule has 7 nitrogen and oxygen atoms in total. The smallest absolute Gasteiger partial charge is 0.313 e. The van der Waals surface area contributed by atoms with Crippen LogP contribution in [0.3, 0.4) is 0 Å². The molecule has 0 radical (unpaired) electrons. The summed E-state index contributed by atoms with van der Waals surface area (Å²) in [7, 11) is 3.38. The van der Waals surface area contributed by atoms with Crippen molar-refractivity contribution < 1.29 is 19.4 Å². The van der Waals surface area contributed by atoms with Crippen molar-refractivity contribution in [1.82, 2.24) is 9.88 Å². The Morgan fingerprint density at radius 2 is 1.93 bits per heavy atom. The van der Waals surface area contributed by atoms with Crippen molar-refractivity contribution in [2.75, 3.05) is 19.0 Å². The Morgan fingerprint density at radius 1 is 1.18 bits per heavy atom. The Balaban J connectivity index is 1.65. The normalized spacial score (nSPS) is 11.9. The number of aliphatic hydroxyl groups is 1. The third-order valence-electron chi connectivity index (χ3n) is 4.55. The molecule has 3 rings (SSSR count). The topological polar surface area (TPSA) is 92.6 Å². The Hall–Kier alpha value is -3.32. The zero-order chi connectivity index (χ0) is 20.3. The number of nitrogens with one attached hydrogen (secondary N) is 2. The summed E-state index contributed by atoms with van der Waals surface area (Å²) in [5.41, 5.74) is 3.01. The Kier molecular flexibility index (Phi) is 5.65. The maximum Gasteiger partial charge on any atom is 0.313 e. The molecule has 2 amide bonds. The van der Waals surface area contributed by atoms with E-state index in [1.54, 1.807) is 12.1 Å². The van der Waals surface area contributed by atoms with Crippen molar-refractivity contribution >= 4 is 28.4 Å². The molecule has 2 aromatic carbocycles. The monoisotopic (exact) mass is 381 g/mol. The molecule has 7 heteroatoms. The number of carbonyl (C=O) groups is 2. The molecule has 0 aliphatic rings. The van der Waals surface area contributed by atoms with Crippen molar-refractivity contribution in [3.63, 3.8) is 0 Å². The van der Waals surface area contributed by atoms with Crippen LogP contribution in [-0.4, -0.2) is 35.1 Å². The molecule has 0 unspecified atom stereocenters. The van der Waals surface area contributed by atoms with Gasteiger partial charge in [0.25, 0.3) is 0 Å². The summed E-state index contributed by atoms with van der Waals surface area (Å²) in [5.74, 6) is -1.19. The summed E-state index contributed by atoms with van der Waals surface area (Å²) in [6.07, 6.45) is 0.885. The predicted octanol–water partition coefficient (Wildman–Crippen LogP) is 2.28. The molecular weight excluding hydrogens is 358 g/mol. The van der Waals surface area contributed by atoms with Crippen LogP contribution in [0.1, 0.15) is 17.2 Å². The Bertz CT molecular complexity index is 1030. The lowest BCUT2D eigenvalue weighted by atomic mass is 10.1. The maximum absolute atomic E-state index is 12.2. The summed E-state index contributed by atoms with van der Waals surface area (Å²) >= 11 is 0. The van der Waals surface area contributed by atoms with Gasteiger partial charge in [0.05, 0.1) is 18.9 Å². The number of nitrogens with zero attached hydrogens (tertiary/aromatic N) is 1. The van der Waals surface area contributed by atoms with Crippen LogP contribution in [0.4, 0.5) is 5.69 Å². The highest BCUT2D eigenvalue weighted by Gasteiger charge is 2.19. The maximum atomic E-state index is 12.2. The lowest BCUT2D eigenvalue weighted by Crippen LogP contribution is -2.37. The zero-order valence-electron chi connectivity index (χ0n) is 16.0. The van der Waals surface area contributed by atoms with Gasteiger partial charge in [-0.25, -0.2) is 0 Å². The van der Waals surface area contributed by atoms with Crippen LogP contribution in [-0.2, 0) is 16.6 Å². The number of fused-ring (bicyclic) bond motifs is 1. The molecule has 0 saturated carbocycles. The third-order valence-corrected chi connectivity index (χ3v) is 4.55. The SMILES string of the molecule is COc1ccc(C)cc1NC(=O)C(=O)NC[C@@H](O)c1cn(C)c2ccccc12. The Morgan fingerprint density at radius 3 is 2.68 bits per heavy atom. The summed E-state index contributed by atoms with van der Waals surface area (Å²) in [5, 5.41) is 16.4. The molecule has 1 heterocycles. The molecule has 3 N–H and O–H groups in total. The van der Waals surface area contributed by atoms with Crippen molar-refractivity contribution in [2.24, 2.45) is 7.05 Å². The number of carbonyl (C=O) groups excluding carboxylic acids is 2. The van der Waals surface area contributed by atoms with Gasteiger partial charge in [-0.15, -0.1) is 0 Å². The van der Waals surface area contributed by atoms with E-state index in [-0.39, 0.29) is 6.54 Å². The second-order valence-electron chi connectivity index (χ2n) is 6.60. The zero-order valence-corrected chi connectivity index (χ0v) is 16.0. The Labute approximate surface area is 162 Å². The van der Waals surface area contributed by atoms with Gasteiger partial charge >= 0.3 is 11.8 Å². The quantitative estimate of drug-likeness (QED) is 0.591. The van der Waals surface area contributed by atoms with Crippen molar-refractivity contribution in [3.05, 3.63) is 59.8 Å². The number of amides is 2. The first-order valence-corrected chi connectivity index (χ1v) is 8.86. The predicted molar refractivity (Wildman–Crippen MR) is 107 cm³/mol. The van der Waals surface area contributed by atoms with Crippen molar-refractivity contribution in [3.8, 4) is 5.75 Å². The van der Waals surface area contributed by atoms with E-state index >= 15 is 0 Å². The molecule has 0 bridgehead atoms. The van der Waals surface area contributed by atoms with Gasteiger partial charge < -0.3 is 25.0 Å². The minimum atomic E-state index is -0.934.